The quantitative estimate of drug-likeness (QED) is 0.624. The minimum absolute atomic E-state index is 0.118. The van der Waals surface area contributed by atoms with E-state index in [0.717, 1.165) is 6.54 Å². The first kappa shape index (κ1) is 14.8. The van der Waals surface area contributed by atoms with E-state index in [1.54, 1.807) is 0 Å². The van der Waals surface area contributed by atoms with Crippen LogP contribution in [0.25, 0.3) is 0 Å². The first-order chi connectivity index (χ1) is 9.63. The number of rotatable bonds is 4. The molecule has 1 aliphatic heterocycles. The minimum Gasteiger partial charge on any atom is -0.465 e. The standard InChI is InChI=1S/C17H23NO2/c1-4-20-17(19)16-13(2)10-11-14(3)18(16)12-15-8-6-5-7-9-15/h5-11,13-14,16H,4,12H2,1-3H3/t13-,14-,16-/m0/s1. The van der Waals surface area contributed by atoms with Gasteiger partial charge in [0.1, 0.15) is 6.04 Å². The van der Waals surface area contributed by atoms with Gasteiger partial charge in [-0.15, -0.1) is 0 Å². The Morgan fingerprint density at radius 1 is 1.20 bits per heavy atom. The van der Waals surface area contributed by atoms with E-state index < -0.39 is 0 Å². The number of hydrogen-bond acceptors (Lipinski definition) is 3. The number of benzene rings is 1. The molecule has 1 aromatic rings. The topological polar surface area (TPSA) is 29.5 Å². The van der Waals surface area contributed by atoms with E-state index in [1.165, 1.54) is 5.56 Å². The van der Waals surface area contributed by atoms with Gasteiger partial charge in [0.05, 0.1) is 6.61 Å². The molecule has 1 aromatic carbocycles. The maximum atomic E-state index is 12.3. The van der Waals surface area contributed by atoms with Crippen LogP contribution in [0.4, 0.5) is 0 Å². The molecule has 1 heterocycles. The summed E-state index contributed by atoms with van der Waals surface area (Å²) in [5.74, 6) is 0.0566. The molecule has 20 heavy (non-hydrogen) atoms. The number of carbonyl (C=O) groups is 1. The second-order valence-corrected chi connectivity index (χ2v) is 5.34. The molecule has 1 aliphatic rings. The molecule has 0 saturated heterocycles. The van der Waals surface area contributed by atoms with E-state index in [2.05, 4.69) is 43.0 Å². The molecule has 0 saturated carbocycles. The second-order valence-electron chi connectivity index (χ2n) is 5.34. The van der Waals surface area contributed by atoms with Crippen molar-refractivity contribution in [3.05, 3.63) is 48.0 Å². The number of esters is 1. The summed E-state index contributed by atoms with van der Waals surface area (Å²) in [7, 11) is 0. The molecule has 0 N–H and O–H groups in total. The average Bonchev–Trinajstić information content (AvgIpc) is 2.44. The number of hydrogen-bond donors (Lipinski definition) is 0. The first-order valence-electron chi connectivity index (χ1n) is 7.28. The summed E-state index contributed by atoms with van der Waals surface area (Å²) in [6.07, 6.45) is 4.29. The van der Waals surface area contributed by atoms with E-state index in [1.807, 2.05) is 25.1 Å². The minimum atomic E-state index is -0.199. The summed E-state index contributed by atoms with van der Waals surface area (Å²) in [6.45, 7) is 7.24. The maximum Gasteiger partial charge on any atom is 0.323 e. The number of nitrogens with zero attached hydrogens (tertiary/aromatic N) is 1. The van der Waals surface area contributed by atoms with Gasteiger partial charge in [0.2, 0.25) is 0 Å². The molecular formula is C17H23NO2. The zero-order chi connectivity index (χ0) is 14.5. The van der Waals surface area contributed by atoms with Crippen LogP contribution >= 0.6 is 0 Å². The Labute approximate surface area is 121 Å². The third-order valence-corrected chi connectivity index (χ3v) is 3.81. The molecule has 0 aromatic heterocycles. The van der Waals surface area contributed by atoms with Gasteiger partial charge in [-0.05, 0) is 19.4 Å². The highest BCUT2D eigenvalue weighted by molar-refractivity contribution is 5.76. The van der Waals surface area contributed by atoms with Crippen LogP contribution in [-0.2, 0) is 16.1 Å². The highest BCUT2D eigenvalue weighted by Gasteiger charge is 2.36. The Morgan fingerprint density at radius 3 is 2.55 bits per heavy atom. The van der Waals surface area contributed by atoms with Gasteiger partial charge in [-0.25, -0.2) is 0 Å². The van der Waals surface area contributed by atoms with Gasteiger partial charge in [-0.3, -0.25) is 9.69 Å². The molecule has 3 nitrogen and oxygen atoms in total. The van der Waals surface area contributed by atoms with E-state index in [0.29, 0.717) is 6.61 Å². The molecule has 3 atom stereocenters. The van der Waals surface area contributed by atoms with E-state index in [9.17, 15) is 4.79 Å². The van der Waals surface area contributed by atoms with Gasteiger partial charge in [0.25, 0.3) is 0 Å². The van der Waals surface area contributed by atoms with Gasteiger partial charge >= 0.3 is 5.97 Å². The second kappa shape index (κ2) is 6.71. The molecule has 0 amide bonds. The van der Waals surface area contributed by atoms with Crippen molar-refractivity contribution >= 4 is 5.97 Å². The van der Waals surface area contributed by atoms with Crippen LogP contribution in [0.2, 0.25) is 0 Å². The molecule has 0 bridgehead atoms. The van der Waals surface area contributed by atoms with Crippen LogP contribution in [0.1, 0.15) is 26.3 Å². The predicted molar refractivity (Wildman–Crippen MR) is 80.2 cm³/mol. The summed E-state index contributed by atoms with van der Waals surface area (Å²) in [5.41, 5.74) is 1.22. The fraction of sp³-hybridized carbons (Fsp3) is 0.471. The van der Waals surface area contributed by atoms with Crippen LogP contribution in [0.5, 0.6) is 0 Å². The van der Waals surface area contributed by atoms with E-state index in [4.69, 9.17) is 4.74 Å². The normalized spacial score (nSPS) is 26.4. The fourth-order valence-corrected chi connectivity index (χ4v) is 2.72. The van der Waals surface area contributed by atoms with Crippen molar-refractivity contribution in [2.75, 3.05) is 6.61 Å². The Bertz CT molecular complexity index is 469. The lowest BCUT2D eigenvalue weighted by atomic mass is 9.92. The van der Waals surface area contributed by atoms with Crippen LogP contribution in [0.3, 0.4) is 0 Å². The van der Waals surface area contributed by atoms with Crippen molar-refractivity contribution in [3.63, 3.8) is 0 Å². The predicted octanol–water partition coefficient (Wildman–Crippen LogP) is 3.01. The highest BCUT2D eigenvalue weighted by Crippen LogP contribution is 2.25. The van der Waals surface area contributed by atoms with Gasteiger partial charge in [-0.2, -0.15) is 0 Å². The van der Waals surface area contributed by atoms with Gasteiger partial charge in [-0.1, -0.05) is 49.4 Å². The molecule has 0 aliphatic carbocycles. The lowest BCUT2D eigenvalue weighted by Gasteiger charge is -2.39. The van der Waals surface area contributed by atoms with Crippen LogP contribution in [0, 0.1) is 5.92 Å². The Balaban J connectivity index is 2.21. The lowest BCUT2D eigenvalue weighted by molar-refractivity contribution is -0.152. The van der Waals surface area contributed by atoms with Crippen molar-refractivity contribution in [2.24, 2.45) is 5.92 Å². The Kier molecular flexibility index (Phi) is 4.96. The van der Waals surface area contributed by atoms with E-state index >= 15 is 0 Å². The number of ether oxygens (including phenoxy) is 1. The van der Waals surface area contributed by atoms with Crippen LogP contribution < -0.4 is 0 Å². The van der Waals surface area contributed by atoms with Gasteiger partial charge < -0.3 is 4.74 Å². The van der Waals surface area contributed by atoms with Gasteiger partial charge in [0.15, 0.2) is 0 Å². The smallest absolute Gasteiger partial charge is 0.323 e. The first-order valence-corrected chi connectivity index (χ1v) is 7.28. The third-order valence-electron chi connectivity index (χ3n) is 3.81. The molecule has 108 valence electrons. The molecular weight excluding hydrogens is 250 g/mol. The van der Waals surface area contributed by atoms with Crippen molar-refractivity contribution in [1.82, 2.24) is 4.90 Å². The summed E-state index contributed by atoms with van der Waals surface area (Å²) in [5, 5.41) is 0. The van der Waals surface area contributed by atoms with Crippen molar-refractivity contribution in [2.45, 2.75) is 39.4 Å². The zero-order valence-corrected chi connectivity index (χ0v) is 12.5. The van der Waals surface area contributed by atoms with Gasteiger partial charge in [0, 0.05) is 18.5 Å². The Morgan fingerprint density at radius 2 is 1.90 bits per heavy atom. The number of carbonyl (C=O) groups excluding carboxylic acids is 1. The maximum absolute atomic E-state index is 12.3. The highest BCUT2D eigenvalue weighted by atomic mass is 16.5. The van der Waals surface area contributed by atoms with Crippen molar-refractivity contribution < 1.29 is 9.53 Å². The average molecular weight is 273 g/mol. The molecule has 0 unspecified atom stereocenters. The summed E-state index contributed by atoms with van der Waals surface area (Å²) >= 11 is 0. The van der Waals surface area contributed by atoms with Crippen molar-refractivity contribution in [3.8, 4) is 0 Å². The van der Waals surface area contributed by atoms with Crippen LogP contribution in [0.15, 0.2) is 42.5 Å². The van der Waals surface area contributed by atoms with E-state index in [-0.39, 0.29) is 24.0 Å². The zero-order valence-electron chi connectivity index (χ0n) is 12.5. The summed E-state index contributed by atoms with van der Waals surface area (Å²) < 4.78 is 5.25. The Hall–Kier alpha value is -1.61. The molecule has 2 rings (SSSR count). The third kappa shape index (κ3) is 3.28. The lowest BCUT2D eigenvalue weighted by Crippen LogP contribution is -2.51. The summed E-state index contributed by atoms with van der Waals surface area (Å²) in [6, 6.07) is 10.3. The molecule has 3 heteroatoms. The monoisotopic (exact) mass is 273 g/mol. The molecule has 0 radical (unpaired) electrons. The largest absolute Gasteiger partial charge is 0.465 e. The molecule has 0 spiro atoms. The fourth-order valence-electron chi connectivity index (χ4n) is 2.72. The SMILES string of the molecule is CCOC(=O)[C@@H]1[C@@H](C)C=C[C@H](C)N1Cc1ccccc1. The van der Waals surface area contributed by atoms with Crippen LogP contribution in [-0.4, -0.2) is 29.6 Å². The molecule has 0 fully saturated rings. The van der Waals surface area contributed by atoms with Crippen molar-refractivity contribution in [1.29, 1.82) is 0 Å². The summed E-state index contributed by atoms with van der Waals surface area (Å²) in [4.78, 5) is 14.5.